The Morgan fingerprint density at radius 3 is 2.67 bits per heavy atom. The average molecular weight is 581 g/mol. The molecule has 0 aromatic carbocycles. The maximum Gasteiger partial charge on any atom is 0.698 e. The monoisotopic (exact) mass is 581 g/mol. The zero-order valence-corrected chi connectivity index (χ0v) is 21.2. The normalized spacial score (nSPS) is 30.9. The second-order valence-electron chi connectivity index (χ2n) is 9.07. The zero-order valence-electron chi connectivity index (χ0n) is 20.3. The van der Waals surface area contributed by atoms with Crippen LogP contribution in [0.3, 0.4) is 0 Å². The van der Waals surface area contributed by atoms with Crippen molar-refractivity contribution >= 4 is 31.0 Å². The maximum absolute atomic E-state index is 15.0. The first-order valence-electron chi connectivity index (χ1n) is 11.9. The number of fused-ring (bicyclic) bond motifs is 2. The molecule has 2 aliphatic heterocycles. The molecule has 19 heteroatoms. The Kier molecular flexibility index (Phi) is 7.01. The number of hydrogen-bond acceptors (Lipinski definition) is 14. The van der Waals surface area contributed by atoms with Crippen LogP contribution in [0.4, 0.5) is 10.2 Å². The molecular weight excluding hydrogens is 558 g/mol. The molecular formula is C21H23FN8O9P+. The van der Waals surface area contributed by atoms with Crippen molar-refractivity contribution in [2.75, 3.05) is 18.9 Å². The lowest BCUT2D eigenvalue weighted by Gasteiger charge is -2.19. The van der Waals surface area contributed by atoms with Gasteiger partial charge in [-0.3, -0.25) is 18.3 Å². The number of aromatic nitrogens is 7. The number of anilines is 1. The van der Waals surface area contributed by atoms with Crippen LogP contribution in [-0.4, -0.2) is 98.7 Å². The molecule has 0 spiro atoms. The molecule has 0 saturated carbocycles. The highest BCUT2D eigenvalue weighted by Crippen LogP contribution is 2.40. The third-order valence-electron chi connectivity index (χ3n) is 6.74. The van der Waals surface area contributed by atoms with Crippen molar-refractivity contribution in [2.45, 2.75) is 49.1 Å². The molecule has 6 heterocycles. The van der Waals surface area contributed by atoms with E-state index in [-0.39, 0.29) is 28.3 Å². The Balaban J connectivity index is 1.15. The molecule has 9 atom stereocenters. The Labute approximate surface area is 223 Å². The number of aliphatic hydroxyl groups excluding tert-OH is 3. The van der Waals surface area contributed by atoms with Gasteiger partial charge in [0.1, 0.15) is 42.9 Å². The minimum Gasteiger partial charge on any atom is -0.394 e. The molecule has 2 fully saturated rings. The molecule has 1 unspecified atom stereocenters. The predicted octanol–water partition coefficient (Wildman–Crippen LogP) is -1.18. The van der Waals surface area contributed by atoms with Gasteiger partial charge in [0.05, 0.1) is 12.9 Å². The Morgan fingerprint density at radius 2 is 1.88 bits per heavy atom. The topological polar surface area (TPSA) is 224 Å². The highest BCUT2D eigenvalue weighted by Gasteiger charge is 2.52. The first-order chi connectivity index (χ1) is 19.3. The van der Waals surface area contributed by atoms with Gasteiger partial charge in [-0.25, -0.2) is 24.3 Å². The first-order valence-corrected chi connectivity index (χ1v) is 13.0. The van der Waals surface area contributed by atoms with Crippen molar-refractivity contribution in [2.24, 2.45) is 0 Å². The van der Waals surface area contributed by atoms with Crippen LogP contribution < -0.4 is 11.3 Å². The van der Waals surface area contributed by atoms with Crippen LogP contribution in [0.5, 0.6) is 0 Å². The molecule has 0 aliphatic carbocycles. The van der Waals surface area contributed by atoms with Crippen molar-refractivity contribution in [1.82, 2.24) is 33.5 Å². The molecule has 2 aliphatic rings. The largest absolute Gasteiger partial charge is 0.698 e. The SMILES string of the molecule is Nc1ncnc2c1ncn2[C@@H]1O[C@H](CO[P+](=O)O[C@@H]2[C@H](O)[C@@H](CO)O[C@H]2n2ccc(=O)n3ccnc23)[C@@H](O)[C@@H]1F. The summed E-state index contributed by atoms with van der Waals surface area (Å²) in [5, 5.41) is 30.7. The third-order valence-corrected chi connectivity index (χ3v) is 7.52. The Hall–Kier alpha value is -3.48. The summed E-state index contributed by atoms with van der Waals surface area (Å²) in [6.07, 6.45) is -4.61. The van der Waals surface area contributed by atoms with Crippen LogP contribution in [-0.2, 0) is 23.1 Å². The summed E-state index contributed by atoms with van der Waals surface area (Å²) >= 11 is 0. The Morgan fingerprint density at radius 1 is 1.07 bits per heavy atom. The van der Waals surface area contributed by atoms with Crippen LogP contribution in [0.25, 0.3) is 16.9 Å². The number of hydrogen-bond donors (Lipinski definition) is 4. The van der Waals surface area contributed by atoms with Crippen molar-refractivity contribution in [3.8, 4) is 0 Å². The van der Waals surface area contributed by atoms with E-state index in [1.807, 2.05) is 0 Å². The van der Waals surface area contributed by atoms with Crippen molar-refractivity contribution in [3.05, 3.63) is 47.7 Å². The summed E-state index contributed by atoms with van der Waals surface area (Å²) in [6.45, 7) is -1.13. The van der Waals surface area contributed by atoms with E-state index in [0.29, 0.717) is 0 Å². The molecule has 212 valence electrons. The van der Waals surface area contributed by atoms with Gasteiger partial charge < -0.3 is 30.5 Å². The predicted molar refractivity (Wildman–Crippen MR) is 129 cm³/mol. The zero-order chi connectivity index (χ0) is 28.1. The summed E-state index contributed by atoms with van der Waals surface area (Å²) in [5.74, 6) is 0.233. The number of alkyl halides is 1. The minimum atomic E-state index is -2.98. The number of halogens is 1. The second kappa shape index (κ2) is 10.5. The number of aliphatic hydroxyl groups is 3. The van der Waals surface area contributed by atoms with E-state index in [9.17, 15) is 24.7 Å². The molecule has 4 aromatic rings. The minimum absolute atomic E-state index is 0.0853. The van der Waals surface area contributed by atoms with Crippen LogP contribution >= 0.6 is 8.25 Å². The molecule has 5 N–H and O–H groups in total. The van der Waals surface area contributed by atoms with Crippen molar-refractivity contribution < 1.29 is 42.8 Å². The van der Waals surface area contributed by atoms with Gasteiger partial charge in [-0.05, 0) is 0 Å². The summed E-state index contributed by atoms with van der Waals surface area (Å²) in [4.78, 5) is 28.1. The van der Waals surface area contributed by atoms with Gasteiger partial charge in [0.15, 0.2) is 36.2 Å². The van der Waals surface area contributed by atoms with Gasteiger partial charge in [-0.2, -0.15) is 0 Å². The van der Waals surface area contributed by atoms with Crippen LogP contribution in [0, 0.1) is 0 Å². The van der Waals surface area contributed by atoms with Gasteiger partial charge in [0.25, 0.3) is 5.56 Å². The quantitative estimate of drug-likeness (QED) is 0.180. The maximum atomic E-state index is 15.0. The molecule has 0 bridgehead atoms. The van der Waals surface area contributed by atoms with Crippen LogP contribution in [0.2, 0.25) is 0 Å². The smallest absolute Gasteiger partial charge is 0.394 e. The highest BCUT2D eigenvalue weighted by molar-refractivity contribution is 7.33. The van der Waals surface area contributed by atoms with Crippen LogP contribution in [0.1, 0.15) is 12.5 Å². The third kappa shape index (κ3) is 4.43. The van der Waals surface area contributed by atoms with E-state index in [2.05, 4.69) is 19.9 Å². The van der Waals surface area contributed by atoms with Crippen molar-refractivity contribution in [3.63, 3.8) is 0 Å². The van der Waals surface area contributed by atoms with Gasteiger partial charge in [0, 0.05) is 29.2 Å². The average Bonchev–Trinajstić information content (AvgIpc) is 3.72. The fourth-order valence-electron chi connectivity index (χ4n) is 4.74. The van der Waals surface area contributed by atoms with E-state index in [1.165, 1.54) is 50.8 Å². The Bertz CT molecular complexity index is 1620. The molecule has 0 radical (unpaired) electrons. The van der Waals surface area contributed by atoms with E-state index in [0.717, 1.165) is 0 Å². The van der Waals surface area contributed by atoms with Gasteiger partial charge in [-0.1, -0.05) is 0 Å². The van der Waals surface area contributed by atoms with Gasteiger partial charge in [0.2, 0.25) is 5.78 Å². The molecule has 17 nitrogen and oxygen atoms in total. The van der Waals surface area contributed by atoms with Gasteiger partial charge in [-0.15, -0.1) is 9.05 Å². The molecule has 0 amide bonds. The number of nitrogen functional groups attached to an aromatic ring is 1. The van der Waals surface area contributed by atoms with Gasteiger partial charge >= 0.3 is 8.25 Å². The first kappa shape index (κ1) is 26.7. The standard InChI is InChI=1S/C21H23FN8O9P/c22-12-14(33)10(38-19(12)30-8-27-13-17(23)25-7-26-18(13)30)6-36-40(35)39-16-15(34)9(5-31)37-20(16)29-3-1-11(32)28-4-2-24-21(28)29/h1-4,7-10,12,14-16,19-20,31,33-34H,5-6H2,(H2,23,25,26)/q+1/t9-,10-,12+,14-,15-,16-,19-,20-/m1/s1. The number of nitrogens with two attached hydrogens (primary N) is 1. The van der Waals surface area contributed by atoms with E-state index in [4.69, 9.17) is 24.3 Å². The fraction of sp³-hybridized carbons (Fsp3) is 0.476. The van der Waals surface area contributed by atoms with E-state index >= 15 is 4.39 Å². The van der Waals surface area contributed by atoms with E-state index in [1.54, 1.807) is 0 Å². The molecule has 40 heavy (non-hydrogen) atoms. The number of rotatable bonds is 8. The molecule has 6 rings (SSSR count). The van der Waals surface area contributed by atoms with Crippen molar-refractivity contribution in [1.29, 1.82) is 0 Å². The van der Waals surface area contributed by atoms with Crippen LogP contribution in [0.15, 0.2) is 42.1 Å². The number of ether oxygens (including phenoxy) is 2. The summed E-state index contributed by atoms with van der Waals surface area (Å²) in [6, 6.07) is 1.23. The summed E-state index contributed by atoms with van der Waals surface area (Å²) in [7, 11) is -2.98. The lowest BCUT2D eigenvalue weighted by atomic mass is 10.1. The molecule has 4 aromatic heterocycles. The number of nitrogens with zero attached hydrogens (tertiary/aromatic N) is 7. The lowest BCUT2D eigenvalue weighted by Crippen LogP contribution is -2.35. The lowest BCUT2D eigenvalue weighted by molar-refractivity contribution is -0.0533. The van der Waals surface area contributed by atoms with E-state index < -0.39 is 70.6 Å². The highest BCUT2D eigenvalue weighted by atomic mass is 31.1. The molecule has 2 saturated heterocycles. The summed E-state index contributed by atoms with van der Waals surface area (Å²) < 4.78 is 53.7. The number of imidazole rings is 2. The fourth-order valence-corrected chi connectivity index (χ4v) is 5.50. The second-order valence-corrected chi connectivity index (χ2v) is 9.99. The summed E-state index contributed by atoms with van der Waals surface area (Å²) in [5.41, 5.74) is 5.82.